The number of piperidine rings is 1. The fraction of sp³-hybridized carbons (Fsp3) is 0.667. The van der Waals surface area contributed by atoms with E-state index in [1.807, 2.05) is 6.07 Å². The smallest absolute Gasteiger partial charge is 0.220 e. The number of aromatic hydroxyl groups is 1. The van der Waals surface area contributed by atoms with Crippen molar-refractivity contribution >= 4 is 11.7 Å². The van der Waals surface area contributed by atoms with E-state index in [0.717, 1.165) is 24.1 Å². The van der Waals surface area contributed by atoms with E-state index < -0.39 is 16.9 Å². The Morgan fingerprint density at radius 1 is 1.29 bits per heavy atom. The first-order valence-electron chi connectivity index (χ1n) is 11.6. The van der Waals surface area contributed by atoms with Crippen LogP contribution in [0.4, 0.5) is 0 Å². The van der Waals surface area contributed by atoms with Gasteiger partial charge < -0.3 is 26.0 Å². The first kappa shape index (κ1) is 20.9. The highest BCUT2D eigenvalue weighted by Crippen LogP contribution is 2.58. The van der Waals surface area contributed by atoms with Crippen LogP contribution in [-0.4, -0.2) is 58.3 Å². The summed E-state index contributed by atoms with van der Waals surface area (Å²) < 4.78 is 0. The van der Waals surface area contributed by atoms with E-state index in [1.54, 1.807) is 6.07 Å². The van der Waals surface area contributed by atoms with Crippen molar-refractivity contribution in [3.05, 3.63) is 28.8 Å². The first-order valence-corrected chi connectivity index (χ1v) is 11.6. The van der Waals surface area contributed by atoms with Crippen molar-refractivity contribution in [3.63, 3.8) is 0 Å². The molecule has 0 spiro atoms. The van der Waals surface area contributed by atoms with Crippen LogP contribution in [0, 0.1) is 11.8 Å². The maximum Gasteiger partial charge on any atom is 0.220 e. The third kappa shape index (κ3) is 3.38. The summed E-state index contributed by atoms with van der Waals surface area (Å²) in [6, 6.07) is 3.47. The molecule has 1 aromatic carbocycles. The lowest BCUT2D eigenvalue weighted by molar-refractivity contribution is -0.160. The van der Waals surface area contributed by atoms with E-state index in [9.17, 15) is 19.8 Å². The fourth-order valence-electron chi connectivity index (χ4n) is 6.47. The SMILES string of the molecule is O=C(C[C@H]1C[C@@]2(O)[C@H]3Cc4c(CC5CC5)cc(O)cc4[C@@]2(CCN3)CC1=O)NCCO. The number of fused-ring (bicyclic) bond motifs is 1. The number of ketones is 1. The van der Waals surface area contributed by atoms with Gasteiger partial charge in [0.15, 0.2) is 0 Å². The standard InChI is InChI=1S/C24H32N2O5/c27-6-5-26-22(30)9-16-12-24(31)21-11-18-15(7-14-1-2-14)8-17(28)10-19(18)23(24,3-4-25-21)13-20(16)29/h8,10,14,16,21,25,27-28,31H,1-7,9,11-13H2,(H,26,30)/t16-,21+,23+,24+/m0/s1. The largest absolute Gasteiger partial charge is 0.508 e. The molecule has 168 valence electrons. The predicted octanol–water partition coefficient (Wildman–Crippen LogP) is 0.709. The molecule has 2 bridgehead atoms. The number of rotatable bonds is 6. The summed E-state index contributed by atoms with van der Waals surface area (Å²) in [4.78, 5) is 25.5. The van der Waals surface area contributed by atoms with Gasteiger partial charge in [-0.3, -0.25) is 9.59 Å². The average molecular weight is 429 g/mol. The highest BCUT2D eigenvalue weighted by atomic mass is 16.3. The quantitative estimate of drug-likeness (QED) is 0.455. The Balaban J connectivity index is 1.51. The Morgan fingerprint density at radius 3 is 2.84 bits per heavy atom. The number of benzene rings is 1. The molecular weight excluding hydrogens is 396 g/mol. The first-order chi connectivity index (χ1) is 14.9. The average Bonchev–Trinajstić information content (AvgIpc) is 3.52. The summed E-state index contributed by atoms with van der Waals surface area (Å²) in [7, 11) is 0. The van der Waals surface area contributed by atoms with Gasteiger partial charge in [-0.25, -0.2) is 0 Å². The lowest BCUT2D eigenvalue weighted by Gasteiger charge is -2.62. The van der Waals surface area contributed by atoms with Gasteiger partial charge in [0.05, 0.1) is 12.2 Å². The third-order valence-electron chi connectivity index (χ3n) is 8.16. The number of carbonyl (C=O) groups is 2. The minimum atomic E-state index is -1.14. The van der Waals surface area contributed by atoms with Crippen molar-refractivity contribution in [3.8, 4) is 5.75 Å². The molecule has 1 heterocycles. The van der Waals surface area contributed by atoms with Crippen molar-refractivity contribution in [1.29, 1.82) is 0 Å². The zero-order valence-electron chi connectivity index (χ0n) is 17.8. The van der Waals surface area contributed by atoms with Crippen molar-refractivity contribution < 1.29 is 24.9 Å². The van der Waals surface area contributed by atoms with Crippen LogP contribution >= 0.6 is 0 Å². The summed E-state index contributed by atoms with van der Waals surface area (Å²) in [6.07, 6.45) is 5.16. The molecule has 7 nitrogen and oxygen atoms in total. The number of phenolic OH excluding ortho intramolecular Hbond substituents is 1. The maximum absolute atomic E-state index is 13.2. The second kappa shape index (κ2) is 7.57. The summed E-state index contributed by atoms with van der Waals surface area (Å²) in [6.45, 7) is 0.733. The Bertz CT molecular complexity index is 913. The van der Waals surface area contributed by atoms with Crippen molar-refractivity contribution in [1.82, 2.24) is 10.6 Å². The second-order valence-electron chi connectivity index (χ2n) is 10.1. The van der Waals surface area contributed by atoms with E-state index in [-0.39, 0.29) is 55.9 Å². The number of carbonyl (C=O) groups excluding carboxylic acids is 2. The Hall–Kier alpha value is -1.96. The maximum atomic E-state index is 13.2. The van der Waals surface area contributed by atoms with Gasteiger partial charge in [0, 0.05) is 36.8 Å². The summed E-state index contributed by atoms with van der Waals surface area (Å²) in [5.74, 6) is 0.0759. The third-order valence-corrected chi connectivity index (χ3v) is 8.16. The van der Waals surface area contributed by atoms with Crippen LogP contribution in [0.5, 0.6) is 5.75 Å². The molecule has 1 amide bonds. The minimum Gasteiger partial charge on any atom is -0.508 e. The lowest BCUT2D eigenvalue weighted by Crippen LogP contribution is -2.73. The normalized spacial score (nSPS) is 34.1. The Kier molecular flexibility index (Phi) is 5.11. The van der Waals surface area contributed by atoms with Crippen LogP contribution < -0.4 is 10.6 Å². The molecule has 0 unspecified atom stereocenters. The van der Waals surface area contributed by atoms with Crippen LogP contribution in [0.15, 0.2) is 12.1 Å². The zero-order chi connectivity index (χ0) is 21.8. The molecule has 1 aromatic rings. The highest BCUT2D eigenvalue weighted by Gasteiger charge is 2.65. The van der Waals surface area contributed by atoms with Crippen LogP contribution in [0.1, 0.15) is 55.2 Å². The number of phenols is 1. The number of nitrogens with one attached hydrogen (secondary N) is 2. The van der Waals surface area contributed by atoms with Crippen LogP contribution in [0.2, 0.25) is 0 Å². The number of hydrogen-bond acceptors (Lipinski definition) is 6. The molecule has 0 aromatic heterocycles. The molecule has 3 fully saturated rings. The van der Waals surface area contributed by atoms with Gasteiger partial charge in [-0.2, -0.15) is 0 Å². The highest BCUT2D eigenvalue weighted by molar-refractivity contribution is 5.89. The molecular formula is C24H32N2O5. The zero-order valence-corrected chi connectivity index (χ0v) is 17.8. The fourth-order valence-corrected chi connectivity index (χ4v) is 6.47. The second-order valence-corrected chi connectivity index (χ2v) is 10.1. The number of hydrogen-bond donors (Lipinski definition) is 5. The molecule has 31 heavy (non-hydrogen) atoms. The molecule has 2 saturated carbocycles. The van der Waals surface area contributed by atoms with Gasteiger partial charge in [0.2, 0.25) is 5.91 Å². The molecule has 7 heteroatoms. The van der Waals surface area contributed by atoms with E-state index in [0.29, 0.717) is 18.8 Å². The van der Waals surface area contributed by atoms with Crippen LogP contribution in [0.3, 0.4) is 0 Å². The monoisotopic (exact) mass is 428 g/mol. The number of Topliss-reactive ketones (excluding diaryl/α,β-unsaturated/α-hetero) is 1. The Morgan fingerprint density at radius 2 is 2.10 bits per heavy atom. The topological polar surface area (TPSA) is 119 Å². The molecule has 1 aliphatic heterocycles. The van der Waals surface area contributed by atoms with E-state index >= 15 is 0 Å². The van der Waals surface area contributed by atoms with Crippen molar-refractivity contribution in [2.45, 2.75) is 68.4 Å². The molecule has 5 rings (SSSR count). The van der Waals surface area contributed by atoms with Gasteiger partial charge in [-0.1, -0.05) is 0 Å². The molecule has 4 aliphatic rings. The number of aliphatic hydroxyl groups excluding tert-OH is 1. The van der Waals surface area contributed by atoms with Gasteiger partial charge >= 0.3 is 0 Å². The molecule has 5 N–H and O–H groups in total. The lowest BCUT2D eigenvalue weighted by atomic mass is 9.47. The van der Waals surface area contributed by atoms with E-state index in [1.165, 1.54) is 18.4 Å². The summed E-state index contributed by atoms with van der Waals surface area (Å²) in [5.41, 5.74) is 1.44. The number of amides is 1. The number of aliphatic hydroxyl groups is 2. The predicted molar refractivity (Wildman–Crippen MR) is 114 cm³/mol. The summed E-state index contributed by atoms with van der Waals surface area (Å²) in [5, 5.41) is 37.7. The van der Waals surface area contributed by atoms with Crippen LogP contribution in [0.25, 0.3) is 0 Å². The van der Waals surface area contributed by atoms with Crippen molar-refractivity contribution in [2.24, 2.45) is 11.8 Å². The van der Waals surface area contributed by atoms with Gasteiger partial charge in [-0.15, -0.1) is 0 Å². The van der Waals surface area contributed by atoms with Gasteiger partial charge in [-0.05, 0) is 79.8 Å². The summed E-state index contributed by atoms with van der Waals surface area (Å²) >= 11 is 0. The van der Waals surface area contributed by atoms with E-state index in [2.05, 4.69) is 10.6 Å². The van der Waals surface area contributed by atoms with Crippen LogP contribution in [-0.2, 0) is 27.8 Å². The molecule has 0 radical (unpaired) electrons. The minimum absolute atomic E-state index is 0.00408. The van der Waals surface area contributed by atoms with Gasteiger partial charge in [0.1, 0.15) is 11.5 Å². The molecule has 3 aliphatic carbocycles. The van der Waals surface area contributed by atoms with Gasteiger partial charge in [0.25, 0.3) is 0 Å². The van der Waals surface area contributed by atoms with Crippen molar-refractivity contribution in [2.75, 3.05) is 19.7 Å². The van der Waals surface area contributed by atoms with E-state index in [4.69, 9.17) is 5.11 Å². The Labute approximate surface area is 182 Å². The molecule has 4 atom stereocenters. The molecule has 1 saturated heterocycles.